The highest BCUT2D eigenvalue weighted by atomic mass is 79.9. The van der Waals surface area contributed by atoms with E-state index in [1.54, 1.807) is 0 Å². The van der Waals surface area contributed by atoms with Crippen LogP contribution in [0.4, 0.5) is 4.39 Å². The van der Waals surface area contributed by atoms with Gasteiger partial charge in [0.05, 0.1) is 4.47 Å². The fraction of sp³-hybridized carbons (Fsp3) is 0.294. The van der Waals surface area contributed by atoms with Gasteiger partial charge in [0.2, 0.25) is 0 Å². The molecule has 1 atom stereocenters. The topological polar surface area (TPSA) is 12.0 Å². The Kier molecular flexibility index (Phi) is 5.80. The van der Waals surface area contributed by atoms with Crippen LogP contribution in [0.25, 0.3) is 0 Å². The Bertz CT molecular complexity index is 630. The Morgan fingerprint density at radius 1 is 1.29 bits per heavy atom. The van der Waals surface area contributed by atoms with Crippen molar-refractivity contribution in [2.75, 3.05) is 6.54 Å². The van der Waals surface area contributed by atoms with E-state index in [2.05, 4.69) is 34.2 Å². The molecule has 0 heterocycles. The lowest BCUT2D eigenvalue weighted by atomic mass is 9.95. The lowest BCUT2D eigenvalue weighted by molar-refractivity contribution is 0.546. The van der Waals surface area contributed by atoms with Gasteiger partial charge in [-0.3, -0.25) is 0 Å². The SMILES string of the molecule is CCNC(Cc1ccc(F)c(Br)c1)c1cccc(Cl)c1C. The van der Waals surface area contributed by atoms with Gasteiger partial charge in [-0.1, -0.05) is 36.7 Å². The fourth-order valence-electron chi connectivity index (χ4n) is 2.44. The average Bonchev–Trinajstić information content (AvgIpc) is 2.45. The van der Waals surface area contributed by atoms with Gasteiger partial charge in [0, 0.05) is 11.1 Å². The Morgan fingerprint density at radius 3 is 2.71 bits per heavy atom. The molecule has 0 aromatic heterocycles. The number of hydrogen-bond donors (Lipinski definition) is 1. The summed E-state index contributed by atoms with van der Waals surface area (Å²) >= 11 is 9.46. The van der Waals surface area contributed by atoms with Gasteiger partial charge in [0.15, 0.2) is 0 Å². The Balaban J connectivity index is 2.30. The van der Waals surface area contributed by atoms with E-state index >= 15 is 0 Å². The minimum atomic E-state index is -0.238. The zero-order valence-electron chi connectivity index (χ0n) is 12.1. The van der Waals surface area contributed by atoms with Crippen molar-refractivity contribution in [2.24, 2.45) is 0 Å². The van der Waals surface area contributed by atoms with E-state index in [9.17, 15) is 4.39 Å². The highest BCUT2D eigenvalue weighted by molar-refractivity contribution is 9.10. The van der Waals surface area contributed by atoms with Crippen LogP contribution in [0.3, 0.4) is 0 Å². The van der Waals surface area contributed by atoms with Gasteiger partial charge in [-0.2, -0.15) is 0 Å². The molecule has 1 unspecified atom stereocenters. The molecule has 0 bridgehead atoms. The Hall–Kier alpha value is -0.900. The highest BCUT2D eigenvalue weighted by Gasteiger charge is 2.15. The van der Waals surface area contributed by atoms with Crippen LogP contribution < -0.4 is 5.32 Å². The summed E-state index contributed by atoms with van der Waals surface area (Å²) in [4.78, 5) is 0. The van der Waals surface area contributed by atoms with Gasteiger partial charge in [-0.15, -0.1) is 0 Å². The maximum absolute atomic E-state index is 13.3. The van der Waals surface area contributed by atoms with Crippen molar-refractivity contribution >= 4 is 27.5 Å². The van der Waals surface area contributed by atoms with Crippen molar-refractivity contribution in [3.63, 3.8) is 0 Å². The first-order valence-corrected chi connectivity index (χ1v) is 8.12. The molecule has 2 aromatic rings. The lowest BCUT2D eigenvalue weighted by Crippen LogP contribution is -2.23. The third-order valence-corrected chi connectivity index (χ3v) is 4.58. The molecule has 112 valence electrons. The van der Waals surface area contributed by atoms with E-state index < -0.39 is 0 Å². The summed E-state index contributed by atoms with van der Waals surface area (Å²) in [6.45, 7) is 4.97. The summed E-state index contributed by atoms with van der Waals surface area (Å²) in [5.41, 5.74) is 3.35. The van der Waals surface area contributed by atoms with E-state index in [0.29, 0.717) is 4.47 Å². The molecule has 0 saturated carbocycles. The van der Waals surface area contributed by atoms with Crippen LogP contribution in [0.1, 0.15) is 29.7 Å². The number of benzene rings is 2. The third kappa shape index (κ3) is 4.06. The molecular weight excluding hydrogens is 353 g/mol. The second-order valence-corrected chi connectivity index (χ2v) is 6.28. The van der Waals surface area contributed by atoms with Gasteiger partial charge in [0.1, 0.15) is 5.82 Å². The number of hydrogen-bond acceptors (Lipinski definition) is 1. The second kappa shape index (κ2) is 7.39. The molecule has 0 spiro atoms. The van der Waals surface area contributed by atoms with E-state index in [0.717, 1.165) is 29.1 Å². The molecule has 0 radical (unpaired) electrons. The smallest absolute Gasteiger partial charge is 0.137 e. The molecular formula is C17H18BrClFN. The van der Waals surface area contributed by atoms with Crippen LogP contribution in [0.5, 0.6) is 0 Å². The van der Waals surface area contributed by atoms with Crippen molar-refractivity contribution in [3.05, 3.63) is 68.4 Å². The van der Waals surface area contributed by atoms with E-state index in [1.807, 2.05) is 31.2 Å². The predicted octanol–water partition coefficient (Wildman–Crippen LogP) is 5.44. The molecule has 1 N–H and O–H groups in total. The molecule has 0 aliphatic carbocycles. The molecule has 0 aliphatic heterocycles. The zero-order valence-corrected chi connectivity index (χ0v) is 14.4. The summed E-state index contributed by atoms with van der Waals surface area (Å²) in [6.07, 6.45) is 0.786. The first-order chi connectivity index (χ1) is 10.0. The number of halogens is 3. The molecule has 2 rings (SSSR count). The average molecular weight is 371 g/mol. The van der Waals surface area contributed by atoms with Gasteiger partial charge >= 0.3 is 0 Å². The Labute approximate surface area is 138 Å². The molecule has 21 heavy (non-hydrogen) atoms. The van der Waals surface area contributed by atoms with Crippen molar-refractivity contribution < 1.29 is 4.39 Å². The van der Waals surface area contributed by atoms with E-state index in [1.165, 1.54) is 11.6 Å². The second-order valence-electron chi connectivity index (χ2n) is 5.02. The number of likely N-dealkylation sites (N-methyl/N-ethyl adjacent to an activating group) is 1. The van der Waals surface area contributed by atoms with Crippen LogP contribution in [0.2, 0.25) is 5.02 Å². The van der Waals surface area contributed by atoms with Gasteiger partial charge in [-0.05, 0) is 70.7 Å². The van der Waals surface area contributed by atoms with Crippen molar-refractivity contribution in [1.29, 1.82) is 0 Å². The largest absolute Gasteiger partial charge is 0.310 e. The zero-order chi connectivity index (χ0) is 15.4. The summed E-state index contributed by atoms with van der Waals surface area (Å²) in [6, 6.07) is 11.3. The van der Waals surface area contributed by atoms with Crippen molar-refractivity contribution in [1.82, 2.24) is 5.32 Å². The monoisotopic (exact) mass is 369 g/mol. The van der Waals surface area contributed by atoms with Gasteiger partial charge < -0.3 is 5.32 Å². The summed E-state index contributed by atoms with van der Waals surface area (Å²) in [5, 5.41) is 4.26. The summed E-state index contributed by atoms with van der Waals surface area (Å²) in [5.74, 6) is -0.238. The quantitative estimate of drug-likeness (QED) is 0.738. The van der Waals surface area contributed by atoms with Crippen molar-refractivity contribution in [2.45, 2.75) is 26.3 Å². The molecule has 0 amide bonds. The van der Waals surface area contributed by atoms with Crippen LogP contribution in [0, 0.1) is 12.7 Å². The van der Waals surface area contributed by atoms with Crippen LogP contribution in [0.15, 0.2) is 40.9 Å². The first kappa shape index (κ1) is 16.5. The van der Waals surface area contributed by atoms with Gasteiger partial charge in [0.25, 0.3) is 0 Å². The third-order valence-electron chi connectivity index (χ3n) is 3.56. The predicted molar refractivity (Wildman–Crippen MR) is 90.4 cm³/mol. The standard InChI is InChI=1S/C17H18BrClFN/c1-3-21-17(13-5-4-6-15(19)11(13)2)10-12-7-8-16(20)14(18)9-12/h4-9,17,21H,3,10H2,1-2H3. The van der Waals surface area contributed by atoms with Crippen LogP contribution in [-0.4, -0.2) is 6.54 Å². The highest BCUT2D eigenvalue weighted by Crippen LogP contribution is 2.27. The van der Waals surface area contributed by atoms with Crippen LogP contribution >= 0.6 is 27.5 Å². The minimum Gasteiger partial charge on any atom is -0.310 e. The Morgan fingerprint density at radius 2 is 2.05 bits per heavy atom. The molecule has 0 fully saturated rings. The van der Waals surface area contributed by atoms with E-state index in [4.69, 9.17) is 11.6 Å². The first-order valence-electron chi connectivity index (χ1n) is 6.95. The fourth-order valence-corrected chi connectivity index (χ4v) is 3.05. The molecule has 2 aromatic carbocycles. The summed E-state index contributed by atoms with van der Waals surface area (Å²) in [7, 11) is 0. The molecule has 4 heteroatoms. The van der Waals surface area contributed by atoms with Gasteiger partial charge in [-0.25, -0.2) is 4.39 Å². The molecule has 0 aliphatic rings. The van der Waals surface area contributed by atoms with Crippen LogP contribution in [-0.2, 0) is 6.42 Å². The number of nitrogens with one attached hydrogen (secondary N) is 1. The maximum atomic E-state index is 13.3. The molecule has 1 nitrogen and oxygen atoms in total. The molecule has 0 saturated heterocycles. The minimum absolute atomic E-state index is 0.158. The summed E-state index contributed by atoms with van der Waals surface area (Å²) < 4.78 is 13.8. The normalized spacial score (nSPS) is 12.4. The number of rotatable bonds is 5. The maximum Gasteiger partial charge on any atom is 0.137 e. The van der Waals surface area contributed by atoms with E-state index in [-0.39, 0.29) is 11.9 Å². The van der Waals surface area contributed by atoms with Crippen molar-refractivity contribution in [3.8, 4) is 0 Å². The lowest BCUT2D eigenvalue weighted by Gasteiger charge is -2.21.